The summed E-state index contributed by atoms with van der Waals surface area (Å²) in [4.78, 5) is 11.9. The summed E-state index contributed by atoms with van der Waals surface area (Å²) in [6.07, 6.45) is 7.10. The first-order valence-corrected chi connectivity index (χ1v) is 6.79. The molecule has 21 heavy (non-hydrogen) atoms. The Morgan fingerprint density at radius 1 is 1.05 bits per heavy atom. The van der Waals surface area contributed by atoms with Crippen molar-refractivity contribution in [2.24, 2.45) is 0 Å². The van der Waals surface area contributed by atoms with Crippen molar-refractivity contribution >= 4 is 11.9 Å². The molecule has 0 aliphatic carbocycles. The first-order valence-electron chi connectivity index (χ1n) is 6.79. The Labute approximate surface area is 125 Å². The molecule has 0 fully saturated rings. The molecule has 2 heteroatoms. The van der Waals surface area contributed by atoms with Crippen LogP contribution in [-0.4, -0.2) is 12.9 Å². The Morgan fingerprint density at radius 2 is 1.81 bits per heavy atom. The monoisotopic (exact) mass is 278 g/mol. The van der Waals surface area contributed by atoms with Gasteiger partial charge >= 0.3 is 0 Å². The molecule has 2 nitrogen and oxygen atoms in total. The first kappa shape index (κ1) is 14.8. The van der Waals surface area contributed by atoms with Crippen LogP contribution in [0.25, 0.3) is 6.08 Å². The minimum Gasteiger partial charge on any atom is -0.497 e. The predicted octanol–water partition coefficient (Wildman–Crippen LogP) is 4.46. The Hall–Kier alpha value is -2.61. The fourth-order valence-corrected chi connectivity index (χ4v) is 1.87. The number of benzene rings is 2. The van der Waals surface area contributed by atoms with Gasteiger partial charge in [-0.1, -0.05) is 60.2 Å². The smallest absolute Gasteiger partial charge is 0.185 e. The lowest BCUT2D eigenvalue weighted by molar-refractivity contribution is 0.104. The molecule has 2 aromatic rings. The first-order chi connectivity index (χ1) is 10.2. The molecule has 0 atom stereocenters. The highest BCUT2D eigenvalue weighted by Gasteiger charge is 1.99. The van der Waals surface area contributed by atoms with E-state index >= 15 is 0 Å². The Balaban J connectivity index is 1.99. The lowest BCUT2D eigenvalue weighted by atomic mass is 10.1. The molecule has 106 valence electrons. The van der Waals surface area contributed by atoms with Crippen molar-refractivity contribution in [3.05, 3.63) is 83.4 Å². The molecule has 0 bridgehead atoms. The summed E-state index contributed by atoms with van der Waals surface area (Å²) in [6.45, 7) is 2.00. The third-order valence-electron chi connectivity index (χ3n) is 3.08. The van der Waals surface area contributed by atoms with Crippen LogP contribution in [0.3, 0.4) is 0 Å². The molecule has 0 spiro atoms. The van der Waals surface area contributed by atoms with Crippen LogP contribution in [0.5, 0.6) is 5.75 Å². The van der Waals surface area contributed by atoms with Gasteiger partial charge in [-0.15, -0.1) is 0 Å². The predicted molar refractivity (Wildman–Crippen MR) is 86.7 cm³/mol. The van der Waals surface area contributed by atoms with E-state index in [-0.39, 0.29) is 5.78 Å². The molecule has 0 unspecified atom stereocenters. The van der Waals surface area contributed by atoms with Gasteiger partial charge in [-0.25, -0.2) is 0 Å². The van der Waals surface area contributed by atoms with Crippen LogP contribution in [0.15, 0.2) is 66.8 Å². The van der Waals surface area contributed by atoms with Gasteiger partial charge in [0.05, 0.1) is 7.11 Å². The van der Waals surface area contributed by atoms with Gasteiger partial charge < -0.3 is 4.74 Å². The number of aryl methyl sites for hydroxylation is 1. The van der Waals surface area contributed by atoms with Crippen molar-refractivity contribution < 1.29 is 9.53 Å². The Bertz CT molecular complexity index is 664. The summed E-state index contributed by atoms with van der Waals surface area (Å²) in [5.41, 5.74) is 2.88. The summed E-state index contributed by atoms with van der Waals surface area (Å²) in [6, 6.07) is 15.3. The largest absolute Gasteiger partial charge is 0.497 e. The molecule has 2 rings (SSSR count). The normalized spacial score (nSPS) is 11.1. The van der Waals surface area contributed by atoms with Crippen LogP contribution in [0.1, 0.15) is 21.5 Å². The summed E-state index contributed by atoms with van der Waals surface area (Å²) >= 11 is 0. The number of methoxy groups -OCH3 is 1. The van der Waals surface area contributed by atoms with Gasteiger partial charge in [-0.05, 0) is 30.7 Å². The fraction of sp³-hybridized carbons (Fsp3) is 0.105. The van der Waals surface area contributed by atoms with E-state index in [9.17, 15) is 4.79 Å². The zero-order valence-corrected chi connectivity index (χ0v) is 12.2. The lowest BCUT2D eigenvalue weighted by Crippen LogP contribution is -1.93. The van der Waals surface area contributed by atoms with E-state index in [0.29, 0.717) is 5.56 Å². The van der Waals surface area contributed by atoms with E-state index in [1.54, 1.807) is 19.3 Å². The average Bonchev–Trinajstić information content (AvgIpc) is 2.52. The molecule has 0 aliphatic rings. The summed E-state index contributed by atoms with van der Waals surface area (Å²) in [7, 11) is 1.64. The fourth-order valence-electron chi connectivity index (χ4n) is 1.87. The maximum absolute atomic E-state index is 11.9. The molecule has 0 amide bonds. The van der Waals surface area contributed by atoms with Crippen molar-refractivity contribution in [3.63, 3.8) is 0 Å². The number of carbonyl (C=O) groups excluding carboxylic acids is 1. The molecule has 2 aromatic carbocycles. The summed E-state index contributed by atoms with van der Waals surface area (Å²) in [5, 5.41) is 0. The number of carbonyl (C=O) groups is 1. The van der Waals surface area contributed by atoms with Crippen LogP contribution in [0.4, 0.5) is 0 Å². The maximum Gasteiger partial charge on any atom is 0.185 e. The number of hydrogen-bond acceptors (Lipinski definition) is 2. The third-order valence-corrected chi connectivity index (χ3v) is 3.08. The molecular weight excluding hydrogens is 260 g/mol. The molecule has 0 aromatic heterocycles. The zero-order valence-electron chi connectivity index (χ0n) is 12.2. The molecule has 0 radical (unpaired) electrons. The Morgan fingerprint density at radius 3 is 2.52 bits per heavy atom. The zero-order chi connectivity index (χ0) is 15.1. The minimum absolute atomic E-state index is 0.00490. The van der Waals surface area contributed by atoms with Gasteiger partial charge in [0.15, 0.2) is 5.78 Å². The van der Waals surface area contributed by atoms with Gasteiger partial charge in [0, 0.05) is 5.56 Å². The third kappa shape index (κ3) is 4.46. The van der Waals surface area contributed by atoms with Crippen LogP contribution in [0, 0.1) is 6.92 Å². The van der Waals surface area contributed by atoms with E-state index in [4.69, 9.17) is 4.74 Å². The van der Waals surface area contributed by atoms with E-state index in [1.165, 1.54) is 0 Å². The highest BCUT2D eigenvalue weighted by Crippen LogP contribution is 2.13. The molecule has 0 N–H and O–H groups in total. The SMILES string of the molecule is COc1cccc(/C=C/C=C/C(=O)c2ccc(C)cc2)c1. The minimum atomic E-state index is 0.00490. The second-order valence-corrected chi connectivity index (χ2v) is 4.73. The van der Waals surface area contributed by atoms with Crippen molar-refractivity contribution in [1.29, 1.82) is 0 Å². The standard InChI is InChI=1S/C19H18O2/c1-15-10-12-17(13-11-15)19(20)9-4-3-6-16-7-5-8-18(14-16)21-2/h3-14H,1-2H3/b6-3+,9-4+. The van der Waals surface area contributed by atoms with Gasteiger partial charge in [-0.2, -0.15) is 0 Å². The molecular formula is C19H18O2. The number of allylic oxidation sites excluding steroid dienone is 3. The number of hydrogen-bond donors (Lipinski definition) is 0. The average molecular weight is 278 g/mol. The van der Waals surface area contributed by atoms with Gasteiger partial charge in [0.25, 0.3) is 0 Å². The van der Waals surface area contributed by atoms with Gasteiger partial charge in [0.2, 0.25) is 0 Å². The van der Waals surface area contributed by atoms with Crippen molar-refractivity contribution in [3.8, 4) is 5.75 Å². The van der Waals surface area contributed by atoms with Gasteiger partial charge in [0.1, 0.15) is 5.75 Å². The van der Waals surface area contributed by atoms with Crippen LogP contribution in [0.2, 0.25) is 0 Å². The number of ketones is 1. The summed E-state index contributed by atoms with van der Waals surface area (Å²) < 4.78 is 5.16. The van der Waals surface area contributed by atoms with Crippen molar-refractivity contribution in [1.82, 2.24) is 0 Å². The van der Waals surface area contributed by atoms with Crippen LogP contribution < -0.4 is 4.74 Å². The molecule has 0 heterocycles. The Kier molecular flexibility index (Phi) is 5.10. The van der Waals surface area contributed by atoms with E-state index in [2.05, 4.69) is 0 Å². The lowest BCUT2D eigenvalue weighted by Gasteiger charge is -1.99. The van der Waals surface area contributed by atoms with Crippen LogP contribution >= 0.6 is 0 Å². The van der Waals surface area contributed by atoms with E-state index in [1.807, 2.05) is 67.6 Å². The van der Waals surface area contributed by atoms with Crippen molar-refractivity contribution in [2.75, 3.05) is 7.11 Å². The number of ether oxygens (including phenoxy) is 1. The van der Waals surface area contributed by atoms with E-state index < -0.39 is 0 Å². The second-order valence-electron chi connectivity index (χ2n) is 4.73. The highest BCUT2D eigenvalue weighted by molar-refractivity contribution is 6.04. The van der Waals surface area contributed by atoms with E-state index in [0.717, 1.165) is 16.9 Å². The molecule has 0 saturated carbocycles. The van der Waals surface area contributed by atoms with Gasteiger partial charge in [-0.3, -0.25) is 4.79 Å². The topological polar surface area (TPSA) is 26.3 Å². The summed E-state index contributed by atoms with van der Waals surface area (Å²) in [5.74, 6) is 0.821. The molecule has 0 saturated heterocycles. The molecule has 0 aliphatic heterocycles. The van der Waals surface area contributed by atoms with Crippen LogP contribution in [-0.2, 0) is 0 Å². The second kappa shape index (κ2) is 7.25. The van der Waals surface area contributed by atoms with Crippen molar-refractivity contribution in [2.45, 2.75) is 6.92 Å². The quantitative estimate of drug-likeness (QED) is 0.458. The number of rotatable bonds is 5. The highest BCUT2D eigenvalue weighted by atomic mass is 16.5. The maximum atomic E-state index is 11.9.